The summed E-state index contributed by atoms with van der Waals surface area (Å²) < 4.78 is 5.31. The van der Waals surface area contributed by atoms with Gasteiger partial charge in [0.2, 0.25) is 5.91 Å². The van der Waals surface area contributed by atoms with E-state index in [1.807, 2.05) is 16.7 Å². The molecule has 2 atom stereocenters. The van der Waals surface area contributed by atoms with E-state index in [4.69, 9.17) is 4.74 Å². The first-order valence-electron chi connectivity index (χ1n) is 8.53. The van der Waals surface area contributed by atoms with Crippen molar-refractivity contribution in [1.29, 1.82) is 0 Å². The molecule has 3 aliphatic rings. The van der Waals surface area contributed by atoms with Crippen molar-refractivity contribution < 1.29 is 14.3 Å². The van der Waals surface area contributed by atoms with E-state index in [-0.39, 0.29) is 23.1 Å². The van der Waals surface area contributed by atoms with Crippen LogP contribution < -0.4 is 0 Å². The topological polar surface area (TPSA) is 75.6 Å². The van der Waals surface area contributed by atoms with Crippen molar-refractivity contribution in [3.05, 3.63) is 23.8 Å². The lowest BCUT2D eigenvalue weighted by Gasteiger charge is -2.27. The average molecular weight is 330 g/mol. The van der Waals surface area contributed by atoms with Gasteiger partial charge < -0.3 is 14.5 Å². The van der Waals surface area contributed by atoms with Crippen molar-refractivity contribution in [3.8, 4) is 0 Å². The van der Waals surface area contributed by atoms with Gasteiger partial charge >= 0.3 is 0 Å². The van der Waals surface area contributed by atoms with E-state index in [0.717, 1.165) is 18.5 Å². The summed E-state index contributed by atoms with van der Waals surface area (Å²) in [5.41, 5.74) is 1.17. The highest BCUT2D eigenvalue weighted by Gasteiger charge is 2.62. The second kappa shape index (κ2) is 5.81. The summed E-state index contributed by atoms with van der Waals surface area (Å²) in [6, 6.07) is 0. The van der Waals surface area contributed by atoms with Crippen LogP contribution in [0.2, 0.25) is 0 Å². The quantitative estimate of drug-likeness (QED) is 0.789. The molecular weight excluding hydrogens is 308 g/mol. The average Bonchev–Trinajstić information content (AvgIpc) is 3.15. The van der Waals surface area contributed by atoms with Crippen LogP contribution in [0.1, 0.15) is 29.0 Å². The second-order valence-corrected chi connectivity index (χ2v) is 7.08. The molecule has 0 N–H and O–H groups in total. The van der Waals surface area contributed by atoms with Crippen LogP contribution in [0.3, 0.4) is 0 Å². The summed E-state index contributed by atoms with van der Waals surface area (Å²) in [6.07, 6.45) is 4.94. The van der Waals surface area contributed by atoms with E-state index in [2.05, 4.69) is 9.97 Å². The Kier molecular flexibility index (Phi) is 3.75. The summed E-state index contributed by atoms with van der Waals surface area (Å²) in [6.45, 7) is 5.83. The van der Waals surface area contributed by atoms with Crippen LogP contribution >= 0.6 is 0 Å². The third kappa shape index (κ3) is 2.66. The first-order valence-corrected chi connectivity index (χ1v) is 8.53. The highest BCUT2D eigenvalue weighted by Crippen LogP contribution is 2.59. The summed E-state index contributed by atoms with van der Waals surface area (Å²) in [4.78, 5) is 37.3. The number of hydrogen-bond acceptors (Lipinski definition) is 5. The number of nitrogens with zero attached hydrogens (tertiary/aromatic N) is 4. The molecule has 2 amide bonds. The fourth-order valence-electron chi connectivity index (χ4n) is 3.89. The van der Waals surface area contributed by atoms with Crippen LogP contribution in [-0.4, -0.2) is 71.0 Å². The van der Waals surface area contributed by atoms with Crippen molar-refractivity contribution in [2.24, 2.45) is 11.3 Å². The number of likely N-dealkylation sites (tertiary alicyclic amines) is 1. The normalized spacial score (nSPS) is 29.1. The molecule has 7 nitrogen and oxygen atoms in total. The number of morpholine rings is 1. The zero-order valence-corrected chi connectivity index (χ0v) is 13.9. The minimum absolute atomic E-state index is 0.0107. The van der Waals surface area contributed by atoms with Gasteiger partial charge in [-0.15, -0.1) is 0 Å². The molecule has 0 bridgehead atoms. The summed E-state index contributed by atoms with van der Waals surface area (Å²) in [7, 11) is 0. The third-order valence-electron chi connectivity index (χ3n) is 5.48. The second-order valence-electron chi connectivity index (χ2n) is 7.08. The Labute approximate surface area is 141 Å². The molecule has 1 spiro atoms. The Balaban J connectivity index is 1.39. The number of amides is 2. The van der Waals surface area contributed by atoms with E-state index >= 15 is 0 Å². The van der Waals surface area contributed by atoms with Crippen molar-refractivity contribution in [1.82, 2.24) is 19.8 Å². The molecule has 1 saturated carbocycles. The maximum absolute atomic E-state index is 12.7. The Morgan fingerprint density at radius 2 is 1.96 bits per heavy atom. The van der Waals surface area contributed by atoms with Gasteiger partial charge in [0.05, 0.1) is 25.1 Å². The molecule has 4 rings (SSSR count). The molecule has 24 heavy (non-hydrogen) atoms. The van der Waals surface area contributed by atoms with Gasteiger partial charge in [0.1, 0.15) is 5.69 Å². The van der Waals surface area contributed by atoms with Crippen molar-refractivity contribution in [3.63, 3.8) is 0 Å². The lowest BCUT2D eigenvalue weighted by molar-refractivity contribution is -0.137. The molecule has 1 aromatic heterocycles. The number of rotatable bonds is 2. The van der Waals surface area contributed by atoms with Gasteiger partial charge in [-0.05, 0) is 19.8 Å². The van der Waals surface area contributed by atoms with Crippen LogP contribution in [0.15, 0.2) is 12.4 Å². The number of ether oxygens (including phenoxy) is 1. The van der Waals surface area contributed by atoms with Gasteiger partial charge in [-0.1, -0.05) is 0 Å². The zero-order chi connectivity index (χ0) is 16.7. The van der Waals surface area contributed by atoms with E-state index in [1.54, 1.807) is 6.20 Å². The minimum atomic E-state index is -0.0798. The Morgan fingerprint density at radius 1 is 1.17 bits per heavy atom. The molecule has 3 fully saturated rings. The maximum Gasteiger partial charge on any atom is 0.274 e. The fraction of sp³-hybridized carbons (Fsp3) is 0.647. The number of aryl methyl sites for hydroxylation is 1. The number of aromatic nitrogens is 2. The lowest BCUT2D eigenvalue weighted by Crippen LogP contribution is -2.42. The first-order chi connectivity index (χ1) is 11.6. The molecule has 1 aliphatic carbocycles. The molecule has 3 heterocycles. The summed E-state index contributed by atoms with van der Waals surface area (Å²) in [5.74, 6) is 0.226. The van der Waals surface area contributed by atoms with Gasteiger partial charge in [-0.3, -0.25) is 14.6 Å². The van der Waals surface area contributed by atoms with E-state index in [9.17, 15) is 9.59 Å². The Morgan fingerprint density at radius 3 is 2.67 bits per heavy atom. The number of hydrogen-bond donors (Lipinski definition) is 0. The smallest absolute Gasteiger partial charge is 0.274 e. The van der Waals surface area contributed by atoms with Gasteiger partial charge in [-0.2, -0.15) is 0 Å². The largest absolute Gasteiger partial charge is 0.378 e. The van der Waals surface area contributed by atoms with Crippen LogP contribution in [0, 0.1) is 18.3 Å². The molecule has 0 aromatic carbocycles. The summed E-state index contributed by atoms with van der Waals surface area (Å²) in [5, 5.41) is 0. The predicted octanol–water partition coefficient (Wildman–Crippen LogP) is 0.496. The predicted molar refractivity (Wildman–Crippen MR) is 85.2 cm³/mol. The highest BCUT2D eigenvalue weighted by atomic mass is 16.5. The Hall–Kier alpha value is -2.02. The molecule has 2 aliphatic heterocycles. The monoisotopic (exact) mass is 330 g/mol. The molecule has 0 radical (unpaired) electrons. The van der Waals surface area contributed by atoms with E-state index in [1.165, 1.54) is 6.20 Å². The third-order valence-corrected chi connectivity index (χ3v) is 5.48. The van der Waals surface area contributed by atoms with Crippen LogP contribution in [-0.2, 0) is 9.53 Å². The zero-order valence-electron chi connectivity index (χ0n) is 13.9. The van der Waals surface area contributed by atoms with Crippen molar-refractivity contribution in [2.75, 3.05) is 39.4 Å². The molecule has 2 saturated heterocycles. The van der Waals surface area contributed by atoms with E-state index in [0.29, 0.717) is 45.1 Å². The standard InChI is InChI=1S/C17H22N4O3/c1-12-9-19-14(10-18-12)16(23)21-3-2-17(11-21)8-13(17)15(22)20-4-6-24-7-5-20/h9-10,13H,2-8,11H2,1H3/t13-,17-/m1/s1. The molecular formula is C17H22N4O3. The minimum Gasteiger partial charge on any atom is -0.378 e. The van der Waals surface area contributed by atoms with Gasteiger partial charge in [0.25, 0.3) is 5.91 Å². The SMILES string of the molecule is Cc1cnc(C(=O)N2CC[C@@]3(C[C@@H]3C(=O)N3CCOCC3)C2)cn1. The molecule has 1 aromatic rings. The van der Waals surface area contributed by atoms with Crippen LogP contribution in [0.4, 0.5) is 0 Å². The van der Waals surface area contributed by atoms with Crippen LogP contribution in [0.25, 0.3) is 0 Å². The highest BCUT2D eigenvalue weighted by molar-refractivity contribution is 5.92. The molecule has 128 valence electrons. The van der Waals surface area contributed by atoms with Crippen molar-refractivity contribution in [2.45, 2.75) is 19.8 Å². The van der Waals surface area contributed by atoms with Crippen LogP contribution in [0.5, 0.6) is 0 Å². The maximum atomic E-state index is 12.7. The molecule has 0 unspecified atom stereocenters. The number of carbonyl (C=O) groups excluding carboxylic acids is 2. The van der Waals surface area contributed by atoms with E-state index < -0.39 is 0 Å². The lowest BCUT2D eigenvalue weighted by atomic mass is 10.0. The molecule has 7 heteroatoms. The first kappa shape index (κ1) is 15.5. The summed E-state index contributed by atoms with van der Waals surface area (Å²) >= 11 is 0. The van der Waals surface area contributed by atoms with Gasteiger partial charge in [0.15, 0.2) is 0 Å². The Bertz CT molecular complexity index is 656. The number of carbonyl (C=O) groups is 2. The van der Waals surface area contributed by atoms with Gasteiger partial charge in [-0.25, -0.2) is 4.98 Å². The fourth-order valence-corrected chi connectivity index (χ4v) is 3.89. The van der Waals surface area contributed by atoms with Gasteiger partial charge in [0, 0.05) is 43.7 Å². The van der Waals surface area contributed by atoms with Crippen molar-refractivity contribution >= 4 is 11.8 Å².